The first-order valence-corrected chi connectivity index (χ1v) is 8.74. The second-order valence-electron chi connectivity index (χ2n) is 5.95. The summed E-state index contributed by atoms with van der Waals surface area (Å²) in [7, 11) is 0. The van der Waals surface area contributed by atoms with E-state index in [0.29, 0.717) is 6.04 Å². The molecule has 2 heteroatoms. The van der Waals surface area contributed by atoms with Gasteiger partial charge >= 0.3 is 0 Å². The molecular formula is C17H25NS. The molecule has 1 nitrogen and oxygen atoms in total. The molecule has 1 aliphatic heterocycles. The number of fused-ring (bicyclic) bond motifs is 1. The van der Waals surface area contributed by atoms with Crippen LogP contribution < -0.4 is 5.32 Å². The molecule has 0 radical (unpaired) electrons. The number of rotatable bonds is 4. The predicted octanol–water partition coefficient (Wildman–Crippen LogP) is 4.26. The Morgan fingerprint density at radius 2 is 2.00 bits per heavy atom. The highest BCUT2D eigenvalue weighted by molar-refractivity contribution is 8.00. The minimum Gasteiger partial charge on any atom is -0.313 e. The zero-order valence-corrected chi connectivity index (χ0v) is 12.7. The highest BCUT2D eigenvalue weighted by Gasteiger charge is 2.34. The van der Waals surface area contributed by atoms with Gasteiger partial charge in [-0.3, -0.25) is 0 Å². The van der Waals surface area contributed by atoms with E-state index >= 15 is 0 Å². The molecule has 2 unspecified atom stereocenters. The lowest BCUT2D eigenvalue weighted by atomic mass is 9.81. The highest BCUT2D eigenvalue weighted by atomic mass is 32.2. The van der Waals surface area contributed by atoms with Gasteiger partial charge in [0.25, 0.3) is 0 Å². The molecule has 2 atom stereocenters. The van der Waals surface area contributed by atoms with E-state index in [1.807, 2.05) is 0 Å². The molecule has 19 heavy (non-hydrogen) atoms. The molecule has 1 aromatic rings. The number of nitrogens with one attached hydrogen (secondary N) is 1. The molecular weight excluding hydrogens is 250 g/mol. The van der Waals surface area contributed by atoms with Gasteiger partial charge in [-0.1, -0.05) is 44.4 Å². The summed E-state index contributed by atoms with van der Waals surface area (Å²) >= 11 is 2.12. The summed E-state index contributed by atoms with van der Waals surface area (Å²) in [5.74, 6) is 0.903. The number of hydrogen-bond acceptors (Lipinski definition) is 2. The fourth-order valence-corrected chi connectivity index (χ4v) is 5.25. The van der Waals surface area contributed by atoms with Crippen LogP contribution in [0.4, 0.5) is 0 Å². The Bertz CT molecular complexity index is 386. The number of thioether (sulfide) groups is 1. The van der Waals surface area contributed by atoms with Crippen molar-refractivity contribution in [2.75, 3.05) is 6.54 Å². The molecule has 0 amide bonds. The molecule has 1 saturated carbocycles. The van der Waals surface area contributed by atoms with Crippen LogP contribution in [0.5, 0.6) is 0 Å². The quantitative estimate of drug-likeness (QED) is 0.881. The van der Waals surface area contributed by atoms with E-state index in [1.165, 1.54) is 43.4 Å². The molecule has 104 valence electrons. The summed E-state index contributed by atoms with van der Waals surface area (Å²) in [5.41, 5.74) is 1.57. The largest absolute Gasteiger partial charge is 0.313 e. The van der Waals surface area contributed by atoms with E-state index in [2.05, 4.69) is 48.3 Å². The number of benzene rings is 1. The van der Waals surface area contributed by atoms with E-state index in [-0.39, 0.29) is 0 Å². The lowest BCUT2D eigenvalue weighted by molar-refractivity contribution is 0.266. The average Bonchev–Trinajstić information content (AvgIpc) is 2.89. The topological polar surface area (TPSA) is 12.0 Å². The van der Waals surface area contributed by atoms with Gasteiger partial charge in [-0.05, 0) is 43.4 Å². The van der Waals surface area contributed by atoms with Crippen LogP contribution in [0.1, 0.15) is 44.6 Å². The van der Waals surface area contributed by atoms with Gasteiger partial charge < -0.3 is 5.32 Å². The van der Waals surface area contributed by atoms with E-state index in [0.717, 1.165) is 17.7 Å². The highest BCUT2D eigenvalue weighted by Crippen LogP contribution is 2.41. The Balaban J connectivity index is 1.71. The maximum Gasteiger partial charge on any atom is 0.0291 e. The summed E-state index contributed by atoms with van der Waals surface area (Å²) in [6, 6.07) is 9.68. The van der Waals surface area contributed by atoms with E-state index in [9.17, 15) is 0 Å². The second kappa shape index (κ2) is 6.32. The van der Waals surface area contributed by atoms with E-state index in [1.54, 1.807) is 5.56 Å². The van der Waals surface area contributed by atoms with Crippen LogP contribution in [-0.4, -0.2) is 17.8 Å². The minimum atomic E-state index is 0.711. The third kappa shape index (κ3) is 3.00. The van der Waals surface area contributed by atoms with Crippen LogP contribution in [0.3, 0.4) is 0 Å². The molecule has 1 N–H and O–H groups in total. The zero-order valence-electron chi connectivity index (χ0n) is 11.9. The summed E-state index contributed by atoms with van der Waals surface area (Å²) in [6.07, 6.45) is 8.46. The second-order valence-corrected chi connectivity index (χ2v) is 7.23. The van der Waals surface area contributed by atoms with Gasteiger partial charge in [0.2, 0.25) is 0 Å². The lowest BCUT2D eigenvalue weighted by Gasteiger charge is -2.34. The predicted molar refractivity (Wildman–Crippen MR) is 83.8 cm³/mol. The Hall–Kier alpha value is -0.470. The fraction of sp³-hybridized carbons (Fsp3) is 0.647. The molecule has 1 aliphatic carbocycles. The maximum atomic E-state index is 3.81. The normalized spacial score (nSPS) is 25.2. The van der Waals surface area contributed by atoms with Crippen molar-refractivity contribution < 1.29 is 0 Å². The fourth-order valence-electron chi connectivity index (χ4n) is 3.74. The van der Waals surface area contributed by atoms with Crippen molar-refractivity contribution in [1.29, 1.82) is 0 Å². The van der Waals surface area contributed by atoms with Gasteiger partial charge in [0.05, 0.1) is 0 Å². The van der Waals surface area contributed by atoms with Crippen molar-refractivity contribution in [1.82, 2.24) is 5.32 Å². The minimum absolute atomic E-state index is 0.711. The Morgan fingerprint density at radius 3 is 2.74 bits per heavy atom. The van der Waals surface area contributed by atoms with Gasteiger partial charge in [-0.15, -0.1) is 11.8 Å². The van der Waals surface area contributed by atoms with E-state index < -0.39 is 0 Å². The van der Waals surface area contributed by atoms with E-state index in [4.69, 9.17) is 0 Å². The molecule has 1 heterocycles. The molecule has 0 saturated heterocycles. The lowest BCUT2D eigenvalue weighted by Crippen LogP contribution is -2.44. The Kier molecular flexibility index (Phi) is 4.49. The van der Waals surface area contributed by atoms with Gasteiger partial charge in [-0.2, -0.15) is 0 Å². The van der Waals surface area contributed by atoms with Crippen molar-refractivity contribution >= 4 is 11.8 Å². The summed E-state index contributed by atoms with van der Waals surface area (Å²) in [5, 5.41) is 4.56. The molecule has 2 aliphatic rings. The van der Waals surface area contributed by atoms with Crippen molar-refractivity contribution in [2.24, 2.45) is 5.92 Å². The molecule has 1 fully saturated rings. The third-order valence-corrected chi connectivity index (χ3v) is 6.08. The summed E-state index contributed by atoms with van der Waals surface area (Å²) in [6.45, 7) is 3.36. The maximum absolute atomic E-state index is 3.81. The molecule has 0 bridgehead atoms. The SMILES string of the molecule is CCNC(C1CCCCC1)C1Cc2ccccc2S1. The van der Waals surface area contributed by atoms with Crippen LogP contribution in [0.15, 0.2) is 29.2 Å². The van der Waals surface area contributed by atoms with Crippen LogP contribution in [-0.2, 0) is 6.42 Å². The Morgan fingerprint density at radius 1 is 1.21 bits per heavy atom. The smallest absolute Gasteiger partial charge is 0.0291 e. The third-order valence-electron chi connectivity index (χ3n) is 4.67. The van der Waals surface area contributed by atoms with Gasteiger partial charge in [0.15, 0.2) is 0 Å². The van der Waals surface area contributed by atoms with Gasteiger partial charge in [0.1, 0.15) is 0 Å². The summed E-state index contributed by atoms with van der Waals surface area (Å²) in [4.78, 5) is 1.52. The first kappa shape index (κ1) is 13.5. The summed E-state index contributed by atoms with van der Waals surface area (Å²) < 4.78 is 0. The van der Waals surface area contributed by atoms with Crippen LogP contribution in [0, 0.1) is 5.92 Å². The van der Waals surface area contributed by atoms with Crippen molar-refractivity contribution in [3.8, 4) is 0 Å². The average molecular weight is 275 g/mol. The first-order chi connectivity index (χ1) is 9.38. The molecule has 0 aromatic heterocycles. The number of hydrogen-bond donors (Lipinski definition) is 1. The van der Waals surface area contributed by atoms with Crippen molar-refractivity contribution in [3.63, 3.8) is 0 Å². The van der Waals surface area contributed by atoms with Crippen LogP contribution in [0.2, 0.25) is 0 Å². The monoisotopic (exact) mass is 275 g/mol. The van der Waals surface area contributed by atoms with Crippen LogP contribution >= 0.6 is 11.8 Å². The zero-order chi connectivity index (χ0) is 13.1. The Labute approximate surface area is 121 Å². The van der Waals surface area contributed by atoms with Crippen molar-refractivity contribution in [3.05, 3.63) is 29.8 Å². The van der Waals surface area contributed by atoms with Crippen LogP contribution in [0.25, 0.3) is 0 Å². The standard InChI is InChI=1S/C17H25NS/c1-2-18-17(13-8-4-3-5-9-13)16-12-14-10-6-7-11-15(14)19-16/h6-7,10-11,13,16-18H,2-5,8-9,12H2,1H3. The molecule has 3 rings (SSSR count). The van der Waals surface area contributed by atoms with Crippen molar-refractivity contribution in [2.45, 2.75) is 61.6 Å². The first-order valence-electron chi connectivity index (χ1n) is 7.86. The molecule has 1 aromatic carbocycles. The van der Waals surface area contributed by atoms with Gasteiger partial charge in [-0.25, -0.2) is 0 Å². The molecule has 0 spiro atoms. The van der Waals surface area contributed by atoms with Gasteiger partial charge in [0, 0.05) is 16.2 Å².